The normalized spacial score (nSPS) is 10.9. The number of aryl methyl sites for hydroxylation is 2. The average Bonchev–Trinajstić information content (AvgIpc) is 2.76. The molecule has 0 fully saturated rings. The summed E-state index contributed by atoms with van der Waals surface area (Å²) in [6.45, 7) is 4.20. The molecule has 2 aromatic carbocycles. The maximum absolute atomic E-state index is 4.46. The Morgan fingerprint density at radius 2 is 1.47 bits per heavy atom. The first-order valence-corrected chi connectivity index (χ1v) is 5.64. The number of hydrogen-bond donors (Lipinski definition) is 0. The molecule has 84 valence electrons. The number of aromatic nitrogens is 3. The van der Waals surface area contributed by atoms with Crippen molar-refractivity contribution in [3.8, 4) is 5.69 Å². The van der Waals surface area contributed by atoms with Crippen LogP contribution >= 0.6 is 0 Å². The van der Waals surface area contributed by atoms with Crippen LogP contribution in [0.1, 0.15) is 11.1 Å². The second-order valence-corrected chi connectivity index (χ2v) is 4.25. The predicted molar refractivity (Wildman–Crippen MR) is 68.3 cm³/mol. The van der Waals surface area contributed by atoms with Crippen molar-refractivity contribution >= 4 is 11.0 Å². The van der Waals surface area contributed by atoms with Crippen molar-refractivity contribution in [1.82, 2.24) is 15.0 Å². The molecule has 17 heavy (non-hydrogen) atoms. The molecular formula is C14H13N3. The molecule has 0 saturated carbocycles. The van der Waals surface area contributed by atoms with Crippen LogP contribution in [0.3, 0.4) is 0 Å². The maximum Gasteiger partial charge on any atom is 0.113 e. The average molecular weight is 223 g/mol. The Balaban J connectivity index is 2.17. The Kier molecular flexibility index (Phi) is 2.18. The highest BCUT2D eigenvalue weighted by atomic mass is 15.5. The minimum atomic E-state index is 0.922. The van der Waals surface area contributed by atoms with Crippen molar-refractivity contribution in [1.29, 1.82) is 0 Å². The van der Waals surface area contributed by atoms with E-state index in [1.807, 2.05) is 30.3 Å². The third-order valence-electron chi connectivity index (χ3n) is 3.01. The van der Waals surface area contributed by atoms with Crippen LogP contribution in [0.15, 0.2) is 42.5 Å². The minimum Gasteiger partial charge on any atom is -0.150 e. The van der Waals surface area contributed by atoms with Gasteiger partial charge in [0, 0.05) is 0 Å². The first-order chi connectivity index (χ1) is 8.24. The van der Waals surface area contributed by atoms with Gasteiger partial charge in [-0.25, -0.2) is 0 Å². The molecule has 0 N–H and O–H groups in total. The Morgan fingerprint density at radius 3 is 2.06 bits per heavy atom. The molecule has 0 saturated heterocycles. The van der Waals surface area contributed by atoms with Gasteiger partial charge in [-0.2, -0.15) is 4.80 Å². The largest absolute Gasteiger partial charge is 0.150 e. The molecule has 3 aromatic rings. The fourth-order valence-electron chi connectivity index (χ4n) is 1.83. The SMILES string of the molecule is Cc1ccc(-n2nc3ccccc3n2)cc1C. The zero-order valence-corrected chi connectivity index (χ0v) is 9.88. The van der Waals surface area contributed by atoms with Crippen LogP contribution in [0.25, 0.3) is 16.7 Å². The van der Waals surface area contributed by atoms with E-state index in [0.717, 1.165) is 16.7 Å². The monoisotopic (exact) mass is 223 g/mol. The lowest BCUT2D eigenvalue weighted by Crippen LogP contribution is -1.99. The Morgan fingerprint density at radius 1 is 0.824 bits per heavy atom. The predicted octanol–water partition coefficient (Wildman–Crippen LogP) is 3.04. The van der Waals surface area contributed by atoms with E-state index in [1.165, 1.54) is 11.1 Å². The van der Waals surface area contributed by atoms with Crippen LogP contribution in [0.4, 0.5) is 0 Å². The van der Waals surface area contributed by atoms with Crippen LogP contribution in [0, 0.1) is 13.8 Å². The molecule has 0 unspecified atom stereocenters. The summed E-state index contributed by atoms with van der Waals surface area (Å²) in [5.74, 6) is 0. The number of rotatable bonds is 1. The van der Waals surface area contributed by atoms with E-state index in [0.29, 0.717) is 0 Å². The Labute approximate surface area is 99.7 Å². The van der Waals surface area contributed by atoms with Crippen molar-refractivity contribution in [2.24, 2.45) is 0 Å². The standard InChI is InChI=1S/C14H13N3/c1-10-7-8-12(9-11(10)2)17-15-13-5-3-4-6-14(13)16-17/h3-9H,1-2H3. The second-order valence-electron chi connectivity index (χ2n) is 4.25. The summed E-state index contributed by atoms with van der Waals surface area (Å²) in [7, 11) is 0. The van der Waals surface area contributed by atoms with Gasteiger partial charge in [0.2, 0.25) is 0 Å². The molecule has 0 atom stereocenters. The molecule has 1 heterocycles. The van der Waals surface area contributed by atoms with E-state index >= 15 is 0 Å². The molecule has 3 nitrogen and oxygen atoms in total. The molecule has 0 spiro atoms. The van der Waals surface area contributed by atoms with E-state index in [-0.39, 0.29) is 0 Å². The highest BCUT2D eigenvalue weighted by Crippen LogP contribution is 2.15. The van der Waals surface area contributed by atoms with Gasteiger partial charge in [0.05, 0.1) is 5.69 Å². The lowest BCUT2D eigenvalue weighted by atomic mass is 10.1. The summed E-state index contributed by atoms with van der Waals surface area (Å²) in [6, 6.07) is 14.1. The lowest BCUT2D eigenvalue weighted by molar-refractivity contribution is 0.764. The summed E-state index contributed by atoms with van der Waals surface area (Å²) >= 11 is 0. The van der Waals surface area contributed by atoms with E-state index in [2.05, 4.69) is 36.2 Å². The summed E-state index contributed by atoms with van der Waals surface area (Å²) in [4.78, 5) is 1.69. The lowest BCUT2D eigenvalue weighted by Gasteiger charge is -2.03. The van der Waals surface area contributed by atoms with Gasteiger partial charge in [-0.1, -0.05) is 18.2 Å². The molecule has 0 bridgehead atoms. The van der Waals surface area contributed by atoms with E-state index in [1.54, 1.807) is 4.80 Å². The zero-order valence-electron chi connectivity index (χ0n) is 9.88. The molecule has 0 aliphatic rings. The molecule has 1 aromatic heterocycles. The number of benzene rings is 2. The quantitative estimate of drug-likeness (QED) is 0.634. The van der Waals surface area contributed by atoms with Crippen molar-refractivity contribution in [3.05, 3.63) is 53.6 Å². The van der Waals surface area contributed by atoms with Gasteiger partial charge in [0.25, 0.3) is 0 Å². The van der Waals surface area contributed by atoms with Crippen LogP contribution in [-0.2, 0) is 0 Å². The van der Waals surface area contributed by atoms with Crippen molar-refractivity contribution < 1.29 is 0 Å². The van der Waals surface area contributed by atoms with Gasteiger partial charge < -0.3 is 0 Å². The van der Waals surface area contributed by atoms with Gasteiger partial charge in [-0.15, -0.1) is 10.2 Å². The smallest absolute Gasteiger partial charge is 0.113 e. The second kappa shape index (κ2) is 3.70. The molecule has 0 amide bonds. The molecule has 3 heteroatoms. The highest BCUT2D eigenvalue weighted by Gasteiger charge is 2.04. The fraction of sp³-hybridized carbons (Fsp3) is 0.143. The van der Waals surface area contributed by atoms with Crippen molar-refractivity contribution in [3.63, 3.8) is 0 Å². The molecular weight excluding hydrogens is 210 g/mol. The Hall–Kier alpha value is -2.16. The van der Waals surface area contributed by atoms with E-state index in [4.69, 9.17) is 0 Å². The van der Waals surface area contributed by atoms with E-state index < -0.39 is 0 Å². The maximum atomic E-state index is 4.46. The fourth-order valence-corrected chi connectivity index (χ4v) is 1.83. The molecule has 3 rings (SSSR count). The van der Waals surface area contributed by atoms with Crippen molar-refractivity contribution in [2.45, 2.75) is 13.8 Å². The third kappa shape index (κ3) is 1.69. The first-order valence-electron chi connectivity index (χ1n) is 5.64. The van der Waals surface area contributed by atoms with E-state index in [9.17, 15) is 0 Å². The van der Waals surface area contributed by atoms with Gasteiger partial charge in [0.1, 0.15) is 11.0 Å². The van der Waals surface area contributed by atoms with Crippen LogP contribution < -0.4 is 0 Å². The number of hydrogen-bond acceptors (Lipinski definition) is 2. The third-order valence-corrected chi connectivity index (χ3v) is 3.01. The highest BCUT2D eigenvalue weighted by molar-refractivity contribution is 5.73. The van der Waals surface area contributed by atoms with Gasteiger partial charge >= 0.3 is 0 Å². The Bertz CT molecular complexity index is 650. The van der Waals surface area contributed by atoms with Crippen LogP contribution in [-0.4, -0.2) is 15.0 Å². The van der Waals surface area contributed by atoms with Crippen molar-refractivity contribution in [2.75, 3.05) is 0 Å². The summed E-state index contributed by atoms with van der Waals surface area (Å²) in [5.41, 5.74) is 5.38. The van der Waals surface area contributed by atoms with Gasteiger partial charge in [-0.3, -0.25) is 0 Å². The number of fused-ring (bicyclic) bond motifs is 1. The number of nitrogens with zero attached hydrogens (tertiary/aromatic N) is 3. The first kappa shape index (κ1) is 10.0. The zero-order chi connectivity index (χ0) is 11.8. The van der Waals surface area contributed by atoms with Gasteiger partial charge in [-0.05, 0) is 49.2 Å². The molecule has 0 radical (unpaired) electrons. The molecule has 0 aliphatic heterocycles. The topological polar surface area (TPSA) is 30.7 Å². The van der Waals surface area contributed by atoms with Crippen LogP contribution in [0.5, 0.6) is 0 Å². The summed E-state index contributed by atoms with van der Waals surface area (Å²) in [5, 5.41) is 8.92. The summed E-state index contributed by atoms with van der Waals surface area (Å²) < 4.78 is 0. The van der Waals surface area contributed by atoms with Gasteiger partial charge in [0.15, 0.2) is 0 Å². The summed E-state index contributed by atoms with van der Waals surface area (Å²) in [6.07, 6.45) is 0. The van der Waals surface area contributed by atoms with Crippen LogP contribution in [0.2, 0.25) is 0 Å². The minimum absolute atomic E-state index is 0.922. The molecule has 0 aliphatic carbocycles.